The van der Waals surface area contributed by atoms with Gasteiger partial charge in [0, 0.05) is 40.3 Å². The number of nitrogens with one attached hydrogen (secondary N) is 1. The molecule has 0 fully saturated rings. The molecular formula is C31H23ClN4O2S. The van der Waals surface area contributed by atoms with Crippen molar-refractivity contribution in [1.29, 1.82) is 0 Å². The highest BCUT2D eigenvalue weighted by Gasteiger charge is 2.20. The van der Waals surface area contributed by atoms with Crippen molar-refractivity contribution in [2.24, 2.45) is 0 Å². The number of carboxylic acids is 1. The number of hydrogen-bond donors (Lipinski definition) is 2. The van der Waals surface area contributed by atoms with E-state index in [0.717, 1.165) is 71.0 Å². The van der Waals surface area contributed by atoms with E-state index >= 15 is 0 Å². The van der Waals surface area contributed by atoms with Gasteiger partial charge in [-0.2, -0.15) is 0 Å². The third-order valence-corrected chi connectivity index (χ3v) is 8.11. The van der Waals surface area contributed by atoms with E-state index in [1.54, 1.807) is 17.5 Å². The summed E-state index contributed by atoms with van der Waals surface area (Å²) in [6, 6.07) is 23.6. The van der Waals surface area contributed by atoms with Gasteiger partial charge < -0.3 is 10.4 Å². The van der Waals surface area contributed by atoms with Gasteiger partial charge in [0.15, 0.2) is 0 Å². The fraction of sp³-hybridized carbons (Fsp3) is 0.0968. The predicted molar refractivity (Wildman–Crippen MR) is 160 cm³/mol. The molecule has 2 N–H and O–H groups in total. The second-order valence-electron chi connectivity index (χ2n) is 9.28. The Morgan fingerprint density at radius 2 is 1.72 bits per heavy atom. The first-order valence-electron chi connectivity index (χ1n) is 12.4. The van der Waals surface area contributed by atoms with E-state index in [1.165, 1.54) is 0 Å². The van der Waals surface area contributed by atoms with E-state index in [-0.39, 0.29) is 6.42 Å². The van der Waals surface area contributed by atoms with Gasteiger partial charge in [-0.1, -0.05) is 29.8 Å². The van der Waals surface area contributed by atoms with Gasteiger partial charge in [0.2, 0.25) is 0 Å². The summed E-state index contributed by atoms with van der Waals surface area (Å²) in [4.78, 5) is 26.0. The number of carboxylic acid groups (broad SMARTS) is 1. The Bertz CT molecular complexity index is 1880. The topological polar surface area (TPSA) is 88.0 Å². The number of thiazole rings is 1. The maximum Gasteiger partial charge on any atom is 0.307 e. The normalized spacial score (nSPS) is 11.3. The molecule has 8 heteroatoms. The summed E-state index contributed by atoms with van der Waals surface area (Å²) in [5.41, 5.74) is 8.02. The number of aryl methyl sites for hydroxylation is 1. The van der Waals surface area contributed by atoms with E-state index in [2.05, 4.69) is 21.4 Å². The van der Waals surface area contributed by atoms with Crippen LogP contribution in [0.2, 0.25) is 5.02 Å². The predicted octanol–water partition coefficient (Wildman–Crippen LogP) is 7.87. The monoisotopic (exact) mass is 550 g/mol. The fourth-order valence-corrected chi connectivity index (χ4v) is 6.07. The zero-order valence-corrected chi connectivity index (χ0v) is 22.8. The van der Waals surface area contributed by atoms with Gasteiger partial charge in [-0.15, -0.1) is 11.3 Å². The third kappa shape index (κ3) is 4.82. The summed E-state index contributed by atoms with van der Waals surface area (Å²) in [5, 5.41) is 15.2. The van der Waals surface area contributed by atoms with Crippen molar-refractivity contribution in [3.05, 3.63) is 95.1 Å². The second kappa shape index (κ2) is 10.1. The van der Waals surface area contributed by atoms with Gasteiger partial charge in [-0.05, 0) is 78.2 Å². The molecule has 39 heavy (non-hydrogen) atoms. The van der Waals surface area contributed by atoms with Crippen LogP contribution < -0.4 is 5.32 Å². The lowest BCUT2D eigenvalue weighted by Gasteiger charge is -2.13. The number of benzene rings is 3. The lowest BCUT2D eigenvalue weighted by molar-refractivity contribution is -0.136. The maximum atomic E-state index is 11.8. The number of aromatic nitrogens is 3. The van der Waals surface area contributed by atoms with Crippen LogP contribution >= 0.6 is 22.9 Å². The van der Waals surface area contributed by atoms with Crippen LogP contribution in [-0.2, 0) is 11.2 Å². The van der Waals surface area contributed by atoms with Crippen molar-refractivity contribution in [3.8, 4) is 33.0 Å². The molecule has 3 aromatic carbocycles. The molecule has 6 rings (SSSR count). The largest absolute Gasteiger partial charge is 0.481 e. The molecule has 0 aliphatic heterocycles. The molecule has 0 bridgehead atoms. The highest BCUT2D eigenvalue weighted by Crippen LogP contribution is 2.41. The number of anilines is 1. The van der Waals surface area contributed by atoms with Crippen molar-refractivity contribution in [1.82, 2.24) is 15.0 Å². The number of aliphatic carboxylic acids is 1. The first kappa shape index (κ1) is 25.0. The SMILES string of the molecule is CNc1ccc2cc(-c3cc(-c4nc5cc(C)c(CC(=O)O)c(-c6ccc(Cl)cc6)c5s4)ccn3)ccc2n1. The Morgan fingerprint density at radius 1 is 0.923 bits per heavy atom. The van der Waals surface area contributed by atoms with Crippen LogP contribution in [0.4, 0.5) is 5.82 Å². The number of pyridine rings is 2. The van der Waals surface area contributed by atoms with Crippen LogP contribution in [0.3, 0.4) is 0 Å². The lowest BCUT2D eigenvalue weighted by Crippen LogP contribution is -2.04. The molecule has 0 aliphatic carbocycles. The van der Waals surface area contributed by atoms with Crippen molar-refractivity contribution in [2.45, 2.75) is 13.3 Å². The summed E-state index contributed by atoms with van der Waals surface area (Å²) in [6.45, 7) is 1.94. The average Bonchev–Trinajstić information content (AvgIpc) is 3.37. The molecule has 0 radical (unpaired) electrons. The molecule has 6 aromatic rings. The molecule has 0 aliphatic rings. The van der Waals surface area contributed by atoms with E-state index < -0.39 is 5.97 Å². The highest BCUT2D eigenvalue weighted by atomic mass is 35.5. The Labute approximate surface area is 234 Å². The number of rotatable bonds is 6. The maximum absolute atomic E-state index is 11.8. The van der Waals surface area contributed by atoms with Gasteiger partial charge in [-0.3, -0.25) is 9.78 Å². The van der Waals surface area contributed by atoms with Gasteiger partial charge >= 0.3 is 5.97 Å². The number of hydrogen-bond acceptors (Lipinski definition) is 6. The van der Waals surface area contributed by atoms with Crippen LogP contribution in [0.1, 0.15) is 11.1 Å². The molecule has 0 atom stereocenters. The molecule has 192 valence electrons. The Hall–Kier alpha value is -4.33. The van der Waals surface area contributed by atoms with Crippen LogP contribution in [0, 0.1) is 6.92 Å². The molecule has 0 unspecified atom stereocenters. The van der Waals surface area contributed by atoms with Crippen LogP contribution in [0.5, 0.6) is 0 Å². The minimum atomic E-state index is -0.871. The Kier molecular flexibility index (Phi) is 6.46. The van der Waals surface area contributed by atoms with Crippen LogP contribution in [-0.4, -0.2) is 33.1 Å². The smallest absolute Gasteiger partial charge is 0.307 e. The summed E-state index contributed by atoms with van der Waals surface area (Å²) in [5.74, 6) is -0.0464. The summed E-state index contributed by atoms with van der Waals surface area (Å²) < 4.78 is 0.949. The van der Waals surface area contributed by atoms with Crippen molar-refractivity contribution in [3.63, 3.8) is 0 Å². The first-order valence-corrected chi connectivity index (χ1v) is 13.5. The van der Waals surface area contributed by atoms with E-state index in [1.807, 2.05) is 80.7 Å². The molecule has 0 saturated heterocycles. The number of fused-ring (bicyclic) bond motifs is 2. The Morgan fingerprint density at radius 3 is 2.49 bits per heavy atom. The number of halogens is 1. The van der Waals surface area contributed by atoms with E-state index in [4.69, 9.17) is 16.6 Å². The van der Waals surface area contributed by atoms with Crippen LogP contribution in [0.25, 0.3) is 54.1 Å². The van der Waals surface area contributed by atoms with Gasteiger partial charge in [0.1, 0.15) is 10.8 Å². The quantitative estimate of drug-likeness (QED) is 0.219. The standard InChI is InChI=1S/C31H23ClN4O2S/c1-17-13-26-30(29(23(17)16-28(37)38)18-3-7-22(32)8-4-18)39-31(36-26)21-11-12-34-25(15-21)20-5-9-24-19(14-20)6-10-27(33-2)35-24/h3-15H,16H2,1-2H3,(H,33,35)(H,37,38). The zero-order chi connectivity index (χ0) is 27.1. The second-order valence-corrected chi connectivity index (χ2v) is 10.7. The van der Waals surface area contributed by atoms with E-state index in [0.29, 0.717) is 5.02 Å². The average molecular weight is 551 g/mol. The minimum absolute atomic E-state index is 0.0704. The van der Waals surface area contributed by atoms with Gasteiger partial charge in [0.05, 0.1) is 27.8 Å². The first-order chi connectivity index (χ1) is 18.9. The highest BCUT2D eigenvalue weighted by molar-refractivity contribution is 7.22. The van der Waals surface area contributed by atoms with Crippen molar-refractivity contribution >= 4 is 55.8 Å². The molecule has 0 amide bonds. The molecule has 0 saturated carbocycles. The van der Waals surface area contributed by atoms with Gasteiger partial charge in [-0.25, -0.2) is 9.97 Å². The summed E-state index contributed by atoms with van der Waals surface area (Å²) in [7, 11) is 1.85. The van der Waals surface area contributed by atoms with Crippen molar-refractivity contribution in [2.75, 3.05) is 12.4 Å². The van der Waals surface area contributed by atoms with Gasteiger partial charge in [0.25, 0.3) is 0 Å². The zero-order valence-electron chi connectivity index (χ0n) is 21.2. The molecule has 0 spiro atoms. The lowest BCUT2D eigenvalue weighted by atomic mass is 9.93. The molecule has 3 heterocycles. The molecule has 3 aromatic heterocycles. The molecule has 6 nitrogen and oxygen atoms in total. The van der Waals surface area contributed by atoms with E-state index in [9.17, 15) is 9.90 Å². The van der Waals surface area contributed by atoms with Crippen LogP contribution in [0.15, 0.2) is 79.0 Å². The van der Waals surface area contributed by atoms with Crippen molar-refractivity contribution < 1.29 is 9.90 Å². The Balaban J connectivity index is 1.47. The molecular weight excluding hydrogens is 528 g/mol. The summed E-state index contributed by atoms with van der Waals surface area (Å²) >= 11 is 7.71. The number of carbonyl (C=O) groups is 1. The third-order valence-electron chi connectivity index (χ3n) is 6.72. The minimum Gasteiger partial charge on any atom is -0.481 e. The number of nitrogens with zero attached hydrogens (tertiary/aromatic N) is 3. The fourth-order valence-electron chi connectivity index (χ4n) is 4.81. The summed E-state index contributed by atoms with van der Waals surface area (Å²) in [6.07, 6.45) is 1.73.